The van der Waals surface area contributed by atoms with Gasteiger partial charge in [0.2, 0.25) is 5.95 Å². The van der Waals surface area contributed by atoms with Crippen molar-refractivity contribution in [3.8, 4) is 0 Å². The second-order valence-electron chi connectivity index (χ2n) is 6.17. The Balaban J connectivity index is 2.00. The van der Waals surface area contributed by atoms with Gasteiger partial charge in [-0.2, -0.15) is 18.2 Å². The molecule has 0 amide bonds. The first-order valence-electron chi connectivity index (χ1n) is 8.02. The maximum absolute atomic E-state index is 12.9. The molecule has 130 valence electrons. The lowest BCUT2D eigenvalue weighted by Gasteiger charge is -2.22. The molecule has 1 saturated heterocycles. The highest BCUT2D eigenvalue weighted by Gasteiger charge is 2.33. The van der Waals surface area contributed by atoms with Crippen molar-refractivity contribution >= 4 is 11.8 Å². The van der Waals surface area contributed by atoms with E-state index in [4.69, 9.17) is 0 Å². The maximum atomic E-state index is 12.9. The lowest BCUT2D eigenvalue weighted by Crippen LogP contribution is -2.28. The van der Waals surface area contributed by atoms with E-state index < -0.39 is 11.9 Å². The average Bonchev–Trinajstić information content (AvgIpc) is 2.46. The molecule has 1 fully saturated rings. The third kappa shape index (κ3) is 5.85. The summed E-state index contributed by atoms with van der Waals surface area (Å²) in [6, 6.07) is 0.926. The molecule has 0 unspecified atom stereocenters. The molecule has 0 radical (unpaired) electrons. The molecule has 1 aliphatic heterocycles. The van der Waals surface area contributed by atoms with E-state index in [1.54, 1.807) is 0 Å². The van der Waals surface area contributed by atoms with Crippen LogP contribution in [-0.2, 0) is 6.18 Å². The summed E-state index contributed by atoms with van der Waals surface area (Å²) in [5.74, 6) is 0.824. The molecule has 0 spiro atoms. The number of hydrogen-bond donors (Lipinski definition) is 3. The molecule has 1 aliphatic rings. The highest BCUT2D eigenvalue weighted by molar-refractivity contribution is 5.43. The maximum Gasteiger partial charge on any atom is 0.433 e. The summed E-state index contributed by atoms with van der Waals surface area (Å²) in [7, 11) is 0. The molecule has 0 saturated carbocycles. The van der Waals surface area contributed by atoms with Gasteiger partial charge in [0.05, 0.1) is 0 Å². The Kier molecular flexibility index (Phi) is 6.04. The number of piperidine rings is 1. The van der Waals surface area contributed by atoms with Crippen LogP contribution in [0.15, 0.2) is 6.07 Å². The molecule has 1 aromatic rings. The molecule has 8 heteroatoms. The van der Waals surface area contributed by atoms with E-state index in [1.165, 1.54) is 0 Å². The van der Waals surface area contributed by atoms with Gasteiger partial charge in [0.25, 0.3) is 0 Å². The van der Waals surface area contributed by atoms with Crippen LogP contribution in [-0.4, -0.2) is 35.6 Å². The largest absolute Gasteiger partial charge is 0.433 e. The van der Waals surface area contributed by atoms with Crippen LogP contribution in [0.3, 0.4) is 0 Å². The van der Waals surface area contributed by atoms with Crippen molar-refractivity contribution in [3.63, 3.8) is 0 Å². The normalized spacial score (nSPS) is 16.6. The van der Waals surface area contributed by atoms with Gasteiger partial charge in [-0.05, 0) is 52.1 Å². The van der Waals surface area contributed by atoms with Crippen molar-refractivity contribution in [1.29, 1.82) is 0 Å². The van der Waals surface area contributed by atoms with Crippen LogP contribution in [0.1, 0.15) is 38.8 Å². The monoisotopic (exact) mass is 331 g/mol. The van der Waals surface area contributed by atoms with Crippen LogP contribution < -0.4 is 16.0 Å². The van der Waals surface area contributed by atoms with Crippen molar-refractivity contribution in [2.75, 3.05) is 30.3 Å². The molecule has 0 atom stereocenters. The Labute approximate surface area is 134 Å². The first-order valence-corrected chi connectivity index (χ1v) is 8.02. The summed E-state index contributed by atoms with van der Waals surface area (Å²) in [5.41, 5.74) is -0.931. The van der Waals surface area contributed by atoms with E-state index in [1.807, 2.05) is 13.8 Å². The van der Waals surface area contributed by atoms with Crippen molar-refractivity contribution in [2.24, 2.45) is 5.92 Å². The summed E-state index contributed by atoms with van der Waals surface area (Å²) >= 11 is 0. The Morgan fingerprint density at radius 3 is 2.57 bits per heavy atom. The van der Waals surface area contributed by atoms with E-state index in [9.17, 15) is 13.2 Å². The molecule has 3 N–H and O–H groups in total. The molecule has 23 heavy (non-hydrogen) atoms. The number of nitrogens with one attached hydrogen (secondary N) is 3. The Bertz CT molecular complexity index is 498. The number of anilines is 2. The van der Waals surface area contributed by atoms with E-state index in [0.29, 0.717) is 12.5 Å². The Hall–Kier alpha value is -1.57. The standard InChI is InChI=1S/C15H24F3N5/c1-10(2)21-14-22-12(15(16,17)18)9-13(23-14)20-8-5-11-3-6-19-7-4-11/h9-11,19H,3-8H2,1-2H3,(H2,20,21,22,23). The fraction of sp³-hybridized carbons (Fsp3) is 0.733. The zero-order valence-corrected chi connectivity index (χ0v) is 13.5. The molecular weight excluding hydrogens is 307 g/mol. The van der Waals surface area contributed by atoms with Crippen LogP contribution in [0.5, 0.6) is 0 Å². The van der Waals surface area contributed by atoms with Gasteiger partial charge >= 0.3 is 6.18 Å². The summed E-state index contributed by atoms with van der Waals surface area (Å²) in [6.07, 6.45) is -1.33. The van der Waals surface area contributed by atoms with Gasteiger partial charge in [-0.1, -0.05) is 0 Å². The van der Waals surface area contributed by atoms with Crippen molar-refractivity contribution in [3.05, 3.63) is 11.8 Å². The third-order valence-electron chi connectivity index (χ3n) is 3.75. The lowest BCUT2D eigenvalue weighted by molar-refractivity contribution is -0.141. The number of hydrogen-bond acceptors (Lipinski definition) is 5. The highest BCUT2D eigenvalue weighted by atomic mass is 19.4. The first kappa shape index (κ1) is 17.8. The van der Waals surface area contributed by atoms with Crippen molar-refractivity contribution < 1.29 is 13.2 Å². The van der Waals surface area contributed by atoms with E-state index in [-0.39, 0.29) is 17.8 Å². The summed E-state index contributed by atoms with van der Waals surface area (Å²) in [6.45, 7) is 6.29. The van der Waals surface area contributed by atoms with Crippen LogP contribution in [0.25, 0.3) is 0 Å². The molecular formula is C15H24F3N5. The third-order valence-corrected chi connectivity index (χ3v) is 3.75. The Morgan fingerprint density at radius 1 is 1.26 bits per heavy atom. The average molecular weight is 331 g/mol. The van der Waals surface area contributed by atoms with Gasteiger partial charge in [0.1, 0.15) is 5.82 Å². The van der Waals surface area contributed by atoms with Crippen molar-refractivity contribution in [2.45, 2.75) is 45.3 Å². The topological polar surface area (TPSA) is 61.9 Å². The van der Waals surface area contributed by atoms with Crippen molar-refractivity contribution in [1.82, 2.24) is 15.3 Å². The van der Waals surface area contributed by atoms with E-state index in [0.717, 1.165) is 38.4 Å². The molecule has 2 rings (SSSR count). The first-order chi connectivity index (χ1) is 10.8. The number of halogens is 3. The fourth-order valence-corrected chi connectivity index (χ4v) is 2.58. The van der Waals surface area contributed by atoms with E-state index in [2.05, 4.69) is 25.9 Å². The molecule has 0 aliphatic carbocycles. The molecule has 5 nitrogen and oxygen atoms in total. The fourth-order valence-electron chi connectivity index (χ4n) is 2.58. The van der Waals surface area contributed by atoms with Gasteiger partial charge in [0.15, 0.2) is 5.69 Å². The number of alkyl halides is 3. The number of rotatable bonds is 6. The molecule has 0 aromatic carbocycles. The zero-order chi connectivity index (χ0) is 16.9. The minimum Gasteiger partial charge on any atom is -0.370 e. The van der Waals surface area contributed by atoms with Crippen LogP contribution in [0, 0.1) is 5.92 Å². The van der Waals surface area contributed by atoms with Gasteiger partial charge in [-0.3, -0.25) is 0 Å². The predicted molar refractivity (Wildman–Crippen MR) is 84.5 cm³/mol. The summed E-state index contributed by atoms with van der Waals surface area (Å²) in [5, 5.41) is 9.13. The highest BCUT2D eigenvalue weighted by Crippen LogP contribution is 2.29. The zero-order valence-electron chi connectivity index (χ0n) is 13.5. The van der Waals surface area contributed by atoms with Crippen LogP contribution in [0.2, 0.25) is 0 Å². The predicted octanol–water partition coefficient (Wildman–Crippen LogP) is 3.12. The SMILES string of the molecule is CC(C)Nc1nc(NCCC2CCNCC2)cc(C(F)(F)F)n1. The number of nitrogens with zero attached hydrogens (tertiary/aromatic N) is 2. The minimum atomic E-state index is -4.48. The van der Waals surface area contributed by atoms with Gasteiger partial charge in [-0.15, -0.1) is 0 Å². The second kappa shape index (κ2) is 7.81. The lowest BCUT2D eigenvalue weighted by atomic mass is 9.95. The molecule has 2 heterocycles. The summed E-state index contributed by atoms with van der Waals surface area (Å²) < 4.78 is 38.8. The Morgan fingerprint density at radius 2 is 1.96 bits per heavy atom. The molecule has 1 aromatic heterocycles. The number of aromatic nitrogens is 2. The van der Waals surface area contributed by atoms with Gasteiger partial charge < -0.3 is 16.0 Å². The van der Waals surface area contributed by atoms with Crippen LogP contribution >= 0.6 is 0 Å². The smallest absolute Gasteiger partial charge is 0.370 e. The van der Waals surface area contributed by atoms with Gasteiger partial charge in [0, 0.05) is 18.7 Å². The molecule has 0 bridgehead atoms. The van der Waals surface area contributed by atoms with Gasteiger partial charge in [-0.25, -0.2) is 4.98 Å². The van der Waals surface area contributed by atoms with Crippen LogP contribution in [0.4, 0.5) is 24.9 Å². The quantitative estimate of drug-likeness (QED) is 0.748. The second-order valence-corrected chi connectivity index (χ2v) is 6.17. The summed E-state index contributed by atoms with van der Waals surface area (Å²) in [4.78, 5) is 7.67. The van der Waals surface area contributed by atoms with E-state index >= 15 is 0 Å². The minimum absolute atomic E-state index is 0.000749.